The Morgan fingerprint density at radius 3 is 3.20 bits per heavy atom. The molecule has 0 radical (unpaired) electrons. The highest BCUT2D eigenvalue weighted by atomic mass is 32.1. The second-order valence-corrected chi connectivity index (χ2v) is 4.83. The average molecular weight is 225 g/mol. The highest BCUT2D eigenvalue weighted by Gasteiger charge is 2.20. The lowest BCUT2D eigenvalue weighted by molar-refractivity contribution is 0.194. The second-order valence-electron chi connectivity index (χ2n) is 4.09. The van der Waals surface area contributed by atoms with Crippen molar-refractivity contribution in [2.24, 2.45) is 0 Å². The molecular weight excluding hydrogens is 206 g/mol. The van der Waals surface area contributed by atoms with Gasteiger partial charge < -0.3 is 10.1 Å². The van der Waals surface area contributed by atoms with Gasteiger partial charge in [0.25, 0.3) is 0 Å². The highest BCUT2D eigenvalue weighted by molar-refractivity contribution is 7.08. The standard InChI is InChI=1S/C12H19NOS/c1-2-4-13-6-11-8-15-9-12(11)10-3-5-14-7-10/h8-10,13H,2-7H2,1H3. The van der Waals surface area contributed by atoms with Crippen LogP contribution in [-0.2, 0) is 11.3 Å². The van der Waals surface area contributed by atoms with Gasteiger partial charge in [0.15, 0.2) is 0 Å². The highest BCUT2D eigenvalue weighted by Crippen LogP contribution is 2.30. The number of hydrogen-bond acceptors (Lipinski definition) is 3. The molecule has 1 aromatic rings. The Bertz CT molecular complexity index is 292. The normalized spacial score (nSPS) is 21.0. The molecule has 2 rings (SSSR count). The van der Waals surface area contributed by atoms with Crippen LogP contribution < -0.4 is 5.32 Å². The quantitative estimate of drug-likeness (QED) is 0.778. The van der Waals surface area contributed by atoms with E-state index in [2.05, 4.69) is 23.0 Å². The third kappa shape index (κ3) is 2.80. The molecule has 1 N–H and O–H groups in total. The summed E-state index contributed by atoms with van der Waals surface area (Å²) in [4.78, 5) is 0. The van der Waals surface area contributed by atoms with Crippen molar-refractivity contribution in [2.45, 2.75) is 32.2 Å². The first-order valence-corrected chi connectivity index (χ1v) is 6.69. The Hall–Kier alpha value is -0.380. The van der Waals surface area contributed by atoms with Crippen molar-refractivity contribution >= 4 is 11.3 Å². The molecule has 0 bridgehead atoms. The summed E-state index contributed by atoms with van der Waals surface area (Å²) < 4.78 is 5.45. The van der Waals surface area contributed by atoms with Gasteiger partial charge in [-0.15, -0.1) is 0 Å². The van der Waals surface area contributed by atoms with Crippen LogP contribution in [0.3, 0.4) is 0 Å². The number of ether oxygens (including phenoxy) is 1. The molecule has 3 heteroatoms. The molecule has 1 aromatic heterocycles. The van der Waals surface area contributed by atoms with Gasteiger partial charge in [0.1, 0.15) is 0 Å². The van der Waals surface area contributed by atoms with E-state index < -0.39 is 0 Å². The number of hydrogen-bond donors (Lipinski definition) is 1. The maximum absolute atomic E-state index is 5.45. The van der Waals surface area contributed by atoms with Gasteiger partial charge in [0, 0.05) is 19.1 Å². The van der Waals surface area contributed by atoms with Crippen molar-refractivity contribution < 1.29 is 4.74 Å². The lowest BCUT2D eigenvalue weighted by Gasteiger charge is -2.09. The van der Waals surface area contributed by atoms with Gasteiger partial charge in [0.05, 0.1) is 6.61 Å². The topological polar surface area (TPSA) is 21.3 Å². The number of thiophene rings is 1. The average Bonchev–Trinajstić information content (AvgIpc) is 2.87. The zero-order valence-electron chi connectivity index (χ0n) is 9.29. The summed E-state index contributed by atoms with van der Waals surface area (Å²) >= 11 is 1.82. The van der Waals surface area contributed by atoms with E-state index in [-0.39, 0.29) is 0 Å². The summed E-state index contributed by atoms with van der Waals surface area (Å²) in [5.41, 5.74) is 2.99. The minimum atomic E-state index is 0.648. The molecule has 1 atom stereocenters. The van der Waals surface area contributed by atoms with Crippen molar-refractivity contribution in [3.05, 3.63) is 21.9 Å². The summed E-state index contributed by atoms with van der Waals surface area (Å²) in [6, 6.07) is 0. The summed E-state index contributed by atoms with van der Waals surface area (Å²) in [5.74, 6) is 0.648. The first-order valence-electron chi connectivity index (χ1n) is 5.75. The minimum absolute atomic E-state index is 0.648. The van der Waals surface area contributed by atoms with Crippen molar-refractivity contribution in [1.82, 2.24) is 5.32 Å². The van der Waals surface area contributed by atoms with E-state index >= 15 is 0 Å². The van der Waals surface area contributed by atoms with Crippen LogP contribution in [-0.4, -0.2) is 19.8 Å². The molecular formula is C12H19NOS. The maximum atomic E-state index is 5.45. The lowest BCUT2D eigenvalue weighted by Crippen LogP contribution is -2.15. The molecule has 2 heterocycles. The van der Waals surface area contributed by atoms with E-state index in [9.17, 15) is 0 Å². The van der Waals surface area contributed by atoms with E-state index in [1.54, 1.807) is 0 Å². The molecule has 15 heavy (non-hydrogen) atoms. The Morgan fingerprint density at radius 1 is 1.53 bits per heavy atom. The minimum Gasteiger partial charge on any atom is -0.381 e. The maximum Gasteiger partial charge on any atom is 0.0535 e. The predicted octanol–water partition coefficient (Wildman–Crippen LogP) is 2.75. The van der Waals surface area contributed by atoms with Crippen molar-refractivity contribution in [1.29, 1.82) is 0 Å². The van der Waals surface area contributed by atoms with Gasteiger partial charge in [0.2, 0.25) is 0 Å². The fourth-order valence-corrected chi connectivity index (χ4v) is 2.96. The Balaban J connectivity index is 1.95. The fraction of sp³-hybridized carbons (Fsp3) is 0.667. The van der Waals surface area contributed by atoms with Crippen LogP contribution in [0.25, 0.3) is 0 Å². The fourth-order valence-electron chi connectivity index (χ4n) is 2.01. The Morgan fingerprint density at radius 2 is 2.47 bits per heavy atom. The predicted molar refractivity (Wildman–Crippen MR) is 64.5 cm³/mol. The van der Waals surface area contributed by atoms with Crippen molar-refractivity contribution in [3.8, 4) is 0 Å². The zero-order valence-corrected chi connectivity index (χ0v) is 10.1. The monoisotopic (exact) mass is 225 g/mol. The molecule has 1 unspecified atom stereocenters. The van der Waals surface area contributed by atoms with Crippen LogP contribution in [0.2, 0.25) is 0 Å². The van der Waals surface area contributed by atoms with E-state index in [1.165, 1.54) is 24.0 Å². The van der Waals surface area contributed by atoms with E-state index in [4.69, 9.17) is 4.74 Å². The van der Waals surface area contributed by atoms with Gasteiger partial charge in [-0.1, -0.05) is 6.92 Å². The molecule has 0 aliphatic carbocycles. The third-order valence-corrected chi connectivity index (χ3v) is 3.70. The summed E-state index contributed by atoms with van der Waals surface area (Å²) in [6.45, 7) is 6.17. The van der Waals surface area contributed by atoms with Gasteiger partial charge in [-0.05, 0) is 41.3 Å². The molecule has 0 amide bonds. The SMILES string of the molecule is CCCNCc1cscc1C1CCOC1. The molecule has 1 aliphatic heterocycles. The first kappa shape index (κ1) is 11.1. The van der Waals surface area contributed by atoms with Gasteiger partial charge in [-0.2, -0.15) is 11.3 Å². The Kier molecular flexibility index (Phi) is 4.18. The van der Waals surface area contributed by atoms with Crippen LogP contribution in [0, 0.1) is 0 Å². The molecule has 0 spiro atoms. The van der Waals surface area contributed by atoms with Crippen LogP contribution >= 0.6 is 11.3 Å². The summed E-state index contributed by atoms with van der Waals surface area (Å²) in [5, 5.41) is 8.04. The van der Waals surface area contributed by atoms with Crippen LogP contribution in [0.1, 0.15) is 36.8 Å². The molecule has 0 aromatic carbocycles. The van der Waals surface area contributed by atoms with Crippen molar-refractivity contribution in [2.75, 3.05) is 19.8 Å². The van der Waals surface area contributed by atoms with Crippen LogP contribution in [0.15, 0.2) is 10.8 Å². The summed E-state index contributed by atoms with van der Waals surface area (Å²) in [6.07, 6.45) is 2.39. The smallest absolute Gasteiger partial charge is 0.0535 e. The van der Waals surface area contributed by atoms with Gasteiger partial charge in [-0.3, -0.25) is 0 Å². The second kappa shape index (κ2) is 5.64. The third-order valence-electron chi connectivity index (χ3n) is 2.89. The van der Waals surface area contributed by atoms with Gasteiger partial charge >= 0.3 is 0 Å². The molecule has 84 valence electrons. The van der Waals surface area contributed by atoms with Gasteiger partial charge in [-0.25, -0.2) is 0 Å². The molecule has 0 saturated carbocycles. The largest absolute Gasteiger partial charge is 0.381 e. The molecule has 1 fully saturated rings. The Labute approximate surface area is 95.6 Å². The van der Waals surface area contributed by atoms with E-state index in [0.717, 1.165) is 26.3 Å². The van der Waals surface area contributed by atoms with Crippen LogP contribution in [0.4, 0.5) is 0 Å². The first-order chi connectivity index (χ1) is 7.42. The summed E-state index contributed by atoms with van der Waals surface area (Å²) in [7, 11) is 0. The lowest BCUT2D eigenvalue weighted by atomic mass is 9.98. The molecule has 1 aliphatic rings. The van der Waals surface area contributed by atoms with Crippen molar-refractivity contribution in [3.63, 3.8) is 0 Å². The number of rotatable bonds is 5. The zero-order chi connectivity index (χ0) is 10.5. The molecule has 2 nitrogen and oxygen atoms in total. The van der Waals surface area contributed by atoms with Crippen LogP contribution in [0.5, 0.6) is 0 Å². The number of nitrogens with one attached hydrogen (secondary N) is 1. The van der Waals surface area contributed by atoms with E-state index in [1.807, 2.05) is 11.3 Å². The molecule has 1 saturated heterocycles. The van der Waals surface area contributed by atoms with E-state index in [0.29, 0.717) is 5.92 Å².